The molecule has 3 rings (SSSR count). The maximum atomic E-state index is 12.2. The molecule has 0 atom stereocenters. The molecule has 0 saturated carbocycles. The fourth-order valence-electron chi connectivity index (χ4n) is 2.84. The molecule has 1 aliphatic heterocycles. The summed E-state index contributed by atoms with van der Waals surface area (Å²) in [6.07, 6.45) is 6.06. The minimum atomic E-state index is -0.520. The molecule has 2 amide bonds. The number of ether oxygens (including phenoxy) is 1. The van der Waals surface area contributed by atoms with Gasteiger partial charge in [0.25, 0.3) is 0 Å². The van der Waals surface area contributed by atoms with Gasteiger partial charge in [0.05, 0.1) is 12.8 Å². The van der Waals surface area contributed by atoms with E-state index in [9.17, 15) is 9.59 Å². The monoisotopic (exact) mass is 386 g/mol. The maximum Gasteiger partial charge on any atom is 0.409 e. The molecule has 150 valence electrons. The number of aromatic amines is 1. The largest absolute Gasteiger partial charge is 0.449 e. The number of aromatic nitrogens is 3. The number of amides is 2. The number of carbonyl (C=O) groups is 2. The zero-order valence-corrected chi connectivity index (χ0v) is 16.4. The van der Waals surface area contributed by atoms with Crippen LogP contribution in [0.2, 0.25) is 0 Å². The number of primary amides is 1. The van der Waals surface area contributed by atoms with Crippen molar-refractivity contribution in [3.05, 3.63) is 24.0 Å². The molecule has 1 saturated heterocycles. The summed E-state index contributed by atoms with van der Waals surface area (Å²) in [4.78, 5) is 39.1. The molecular formula is C19H26N6O3. The van der Waals surface area contributed by atoms with Crippen LogP contribution in [0, 0.1) is 5.41 Å². The molecule has 3 heterocycles. The molecule has 28 heavy (non-hydrogen) atoms. The van der Waals surface area contributed by atoms with E-state index in [1.807, 2.05) is 20.8 Å². The summed E-state index contributed by atoms with van der Waals surface area (Å²) in [5.74, 6) is 0.205. The third-order valence-electron chi connectivity index (χ3n) is 4.32. The van der Waals surface area contributed by atoms with Crippen molar-refractivity contribution in [1.29, 1.82) is 0 Å². The normalized spacial score (nSPS) is 15.4. The Kier molecular flexibility index (Phi) is 5.53. The number of fused-ring (bicyclic) bond motifs is 1. The Labute approximate surface area is 163 Å². The van der Waals surface area contributed by atoms with Gasteiger partial charge < -0.3 is 25.3 Å². The molecule has 0 bridgehead atoms. The molecule has 1 fully saturated rings. The molecule has 0 unspecified atom stereocenters. The third-order valence-corrected chi connectivity index (χ3v) is 4.32. The number of hydrogen-bond acceptors (Lipinski definition) is 6. The first kappa shape index (κ1) is 19.7. The predicted molar refractivity (Wildman–Crippen MR) is 107 cm³/mol. The van der Waals surface area contributed by atoms with Crippen molar-refractivity contribution in [1.82, 2.24) is 19.9 Å². The number of piperazine rings is 1. The van der Waals surface area contributed by atoms with Gasteiger partial charge in [-0.15, -0.1) is 0 Å². The lowest BCUT2D eigenvalue weighted by atomic mass is 9.99. The molecule has 2 aromatic heterocycles. The molecule has 9 nitrogen and oxygen atoms in total. The van der Waals surface area contributed by atoms with E-state index >= 15 is 0 Å². The predicted octanol–water partition coefficient (Wildman–Crippen LogP) is 1.76. The average molecular weight is 386 g/mol. The van der Waals surface area contributed by atoms with Crippen molar-refractivity contribution in [2.45, 2.75) is 20.8 Å². The minimum absolute atomic E-state index is 0.0558. The molecular weight excluding hydrogens is 360 g/mol. The molecule has 1 aliphatic rings. The number of hydrogen-bond donors (Lipinski definition) is 2. The molecule has 0 radical (unpaired) electrons. The fourth-order valence-corrected chi connectivity index (χ4v) is 2.84. The van der Waals surface area contributed by atoms with Crippen molar-refractivity contribution < 1.29 is 14.3 Å². The van der Waals surface area contributed by atoms with Gasteiger partial charge in [0.1, 0.15) is 11.3 Å². The van der Waals surface area contributed by atoms with Gasteiger partial charge in [-0.2, -0.15) is 0 Å². The fraction of sp³-hybridized carbons (Fsp3) is 0.474. The van der Waals surface area contributed by atoms with E-state index in [1.165, 1.54) is 6.08 Å². The lowest BCUT2D eigenvalue weighted by Gasteiger charge is -2.35. The Morgan fingerprint density at radius 3 is 2.64 bits per heavy atom. The quantitative estimate of drug-likeness (QED) is 0.773. The Hall–Kier alpha value is -3.10. The summed E-state index contributed by atoms with van der Waals surface area (Å²) in [5, 5.41) is 0. The zero-order valence-electron chi connectivity index (χ0n) is 16.4. The number of nitrogens with two attached hydrogens (primary N) is 1. The van der Waals surface area contributed by atoms with Gasteiger partial charge in [0, 0.05) is 44.0 Å². The van der Waals surface area contributed by atoms with Gasteiger partial charge in [0.15, 0.2) is 5.65 Å². The Bertz CT molecular complexity index is 891. The van der Waals surface area contributed by atoms with E-state index in [0.717, 1.165) is 11.4 Å². The molecule has 0 spiro atoms. The Morgan fingerprint density at radius 1 is 1.29 bits per heavy atom. The summed E-state index contributed by atoms with van der Waals surface area (Å²) in [7, 11) is 0. The van der Waals surface area contributed by atoms with Gasteiger partial charge >= 0.3 is 6.09 Å². The average Bonchev–Trinajstić information content (AvgIpc) is 3.06. The van der Waals surface area contributed by atoms with E-state index in [1.54, 1.807) is 23.4 Å². The Morgan fingerprint density at radius 2 is 2.00 bits per heavy atom. The molecule has 9 heteroatoms. The van der Waals surface area contributed by atoms with Crippen molar-refractivity contribution >= 4 is 35.1 Å². The highest BCUT2D eigenvalue weighted by Crippen LogP contribution is 2.21. The summed E-state index contributed by atoms with van der Waals surface area (Å²) >= 11 is 0. The Balaban J connectivity index is 1.65. The van der Waals surface area contributed by atoms with Crippen LogP contribution in [0.15, 0.2) is 18.5 Å². The second-order valence-electron chi connectivity index (χ2n) is 7.99. The molecule has 0 aromatic carbocycles. The van der Waals surface area contributed by atoms with E-state index < -0.39 is 5.91 Å². The van der Waals surface area contributed by atoms with Gasteiger partial charge in [-0.1, -0.05) is 20.8 Å². The van der Waals surface area contributed by atoms with E-state index in [-0.39, 0.29) is 11.5 Å². The lowest BCUT2D eigenvalue weighted by molar-refractivity contribution is -0.113. The number of H-pyrrole nitrogens is 1. The van der Waals surface area contributed by atoms with Gasteiger partial charge in [-0.05, 0) is 11.5 Å². The second kappa shape index (κ2) is 7.87. The minimum Gasteiger partial charge on any atom is -0.449 e. The number of nitrogens with zero attached hydrogens (tertiary/aromatic N) is 4. The van der Waals surface area contributed by atoms with Crippen molar-refractivity contribution in [2.75, 3.05) is 37.7 Å². The van der Waals surface area contributed by atoms with Crippen LogP contribution < -0.4 is 10.6 Å². The number of carbonyl (C=O) groups excluding carboxylic acids is 2. The first-order valence-electron chi connectivity index (χ1n) is 9.21. The van der Waals surface area contributed by atoms with Gasteiger partial charge in [0.2, 0.25) is 5.91 Å². The summed E-state index contributed by atoms with van der Waals surface area (Å²) in [5.41, 5.74) is 7.15. The molecule has 2 aromatic rings. The topological polar surface area (TPSA) is 117 Å². The smallest absolute Gasteiger partial charge is 0.409 e. The number of nitrogens with one attached hydrogen (secondary N) is 1. The first-order valence-corrected chi connectivity index (χ1v) is 9.21. The second-order valence-corrected chi connectivity index (χ2v) is 7.99. The highest BCUT2D eigenvalue weighted by Gasteiger charge is 2.24. The molecule has 3 N–H and O–H groups in total. The zero-order chi connectivity index (χ0) is 20.3. The molecule has 0 aliphatic carbocycles. The van der Waals surface area contributed by atoms with Crippen molar-refractivity contribution in [3.63, 3.8) is 0 Å². The van der Waals surface area contributed by atoms with Gasteiger partial charge in [-0.25, -0.2) is 14.8 Å². The van der Waals surface area contributed by atoms with Crippen LogP contribution in [0.5, 0.6) is 0 Å². The highest BCUT2D eigenvalue weighted by molar-refractivity contribution is 5.93. The van der Waals surface area contributed by atoms with Gasteiger partial charge in [-0.3, -0.25) is 4.79 Å². The summed E-state index contributed by atoms with van der Waals surface area (Å²) in [6, 6.07) is 0. The van der Waals surface area contributed by atoms with Crippen LogP contribution in [-0.4, -0.2) is 64.6 Å². The SMILES string of the molecule is CC(C)(C)COC(=O)N1CCN(c2cnc3[nH]cc(/C=C/C(N)=O)c3n2)CC1. The van der Waals surface area contributed by atoms with Crippen LogP contribution in [0.3, 0.4) is 0 Å². The van der Waals surface area contributed by atoms with E-state index in [2.05, 4.69) is 19.9 Å². The first-order chi connectivity index (χ1) is 13.2. The van der Waals surface area contributed by atoms with E-state index in [4.69, 9.17) is 10.5 Å². The van der Waals surface area contributed by atoms with Crippen LogP contribution in [-0.2, 0) is 9.53 Å². The third kappa shape index (κ3) is 4.79. The van der Waals surface area contributed by atoms with Crippen LogP contribution in [0.25, 0.3) is 17.2 Å². The van der Waals surface area contributed by atoms with Crippen molar-refractivity contribution in [2.24, 2.45) is 11.1 Å². The maximum absolute atomic E-state index is 12.2. The van der Waals surface area contributed by atoms with Crippen LogP contribution >= 0.6 is 0 Å². The number of rotatable bonds is 4. The summed E-state index contributed by atoms with van der Waals surface area (Å²) in [6.45, 7) is 8.88. The van der Waals surface area contributed by atoms with Crippen LogP contribution in [0.1, 0.15) is 26.3 Å². The standard InChI is InChI=1S/C19H26N6O3/c1-19(2,3)12-28-18(27)25-8-6-24(7-9-25)15-11-22-17-16(23-15)13(10-21-17)4-5-14(20)26/h4-5,10-11H,6-9,12H2,1-3H3,(H2,20,26)(H,21,22)/b5-4+. The van der Waals surface area contributed by atoms with E-state index in [0.29, 0.717) is 43.9 Å². The number of anilines is 1. The van der Waals surface area contributed by atoms with Crippen LogP contribution in [0.4, 0.5) is 10.6 Å². The highest BCUT2D eigenvalue weighted by atomic mass is 16.6. The summed E-state index contributed by atoms with van der Waals surface area (Å²) < 4.78 is 5.39. The lowest BCUT2D eigenvalue weighted by Crippen LogP contribution is -2.49. The van der Waals surface area contributed by atoms with Crippen molar-refractivity contribution in [3.8, 4) is 0 Å².